The van der Waals surface area contributed by atoms with Crippen LogP contribution in [0.5, 0.6) is 0 Å². The van der Waals surface area contributed by atoms with Crippen LogP contribution in [-0.2, 0) is 11.3 Å². The Labute approximate surface area is 233 Å². The molecular formula is C30H33N9O. The van der Waals surface area contributed by atoms with Crippen molar-refractivity contribution < 1.29 is 4.79 Å². The average Bonchev–Trinajstić information content (AvgIpc) is 3.35. The fraction of sp³-hybridized carbons (Fsp3) is 0.233. The third-order valence-electron chi connectivity index (χ3n) is 6.52. The van der Waals surface area contributed by atoms with E-state index in [0.717, 1.165) is 38.8 Å². The van der Waals surface area contributed by atoms with E-state index in [1.165, 1.54) is 0 Å². The number of carbonyl (C=O) groups is 1. The molecule has 3 aromatic heterocycles. The molecule has 0 aliphatic heterocycles. The van der Waals surface area contributed by atoms with E-state index >= 15 is 0 Å². The molecule has 4 N–H and O–H groups in total. The van der Waals surface area contributed by atoms with Gasteiger partial charge in [-0.1, -0.05) is 50.3 Å². The number of rotatable bonds is 9. The van der Waals surface area contributed by atoms with Gasteiger partial charge < -0.3 is 21.3 Å². The van der Waals surface area contributed by atoms with E-state index in [1.807, 2.05) is 67.7 Å². The van der Waals surface area contributed by atoms with E-state index in [4.69, 9.17) is 10.7 Å². The molecule has 0 saturated carbocycles. The zero-order valence-corrected chi connectivity index (χ0v) is 23.1. The van der Waals surface area contributed by atoms with E-state index in [2.05, 4.69) is 51.7 Å². The highest BCUT2D eigenvalue weighted by molar-refractivity contribution is 6.02. The van der Waals surface area contributed by atoms with Crippen molar-refractivity contribution in [2.24, 2.45) is 0 Å². The SMILES string of the molecule is CC(C)c1cnn2c(NCc3ccccc3-c3nccc4cc(NC(=O)/C=C/CN(C)C)ccc34)nc(N)nc12. The molecule has 0 aliphatic rings. The maximum absolute atomic E-state index is 12.3. The predicted octanol–water partition coefficient (Wildman–Crippen LogP) is 4.71. The summed E-state index contributed by atoms with van der Waals surface area (Å²) in [5.41, 5.74) is 11.4. The zero-order valence-electron chi connectivity index (χ0n) is 23.1. The molecule has 0 radical (unpaired) electrons. The molecule has 2 aromatic carbocycles. The van der Waals surface area contributed by atoms with Gasteiger partial charge in [0.2, 0.25) is 17.8 Å². The molecule has 3 heterocycles. The Kier molecular flexibility index (Phi) is 7.70. The minimum absolute atomic E-state index is 0.163. The minimum Gasteiger partial charge on any atom is -0.368 e. The monoisotopic (exact) mass is 535 g/mol. The van der Waals surface area contributed by atoms with Gasteiger partial charge in [0.15, 0.2) is 5.65 Å². The lowest BCUT2D eigenvalue weighted by atomic mass is 9.99. The number of pyridine rings is 1. The lowest BCUT2D eigenvalue weighted by Gasteiger charge is -2.14. The number of benzene rings is 2. The van der Waals surface area contributed by atoms with Crippen LogP contribution in [0.15, 0.2) is 73.1 Å². The molecule has 0 aliphatic carbocycles. The molecule has 5 aromatic rings. The number of nitrogens with zero attached hydrogens (tertiary/aromatic N) is 6. The summed E-state index contributed by atoms with van der Waals surface area (Å²) in [4.78, 5) is 27.9. The summed E-state index contributed by atoms with van der Waals surface area (Å²) < 4.78 is 1.69. The molecule has 40 heavy (non-hydrogen) atoms. The normalized spacial score (nSPS) is 11.8. The Balaban J connectivity index is 1.42. The molecule has 0 bridgehead atoms. The number of fused-ring (bicyclic) bond motifs is 2. The van der Waals surface area contributed by atoms with Crippen LogP contribution in [0.2, 0.25) is 0 Å². The van der Waals surface area contributed by atoms with E-state index in [-0.39, 0.29) is 17.8 Å². The summed E-state index contributed by atoms with van der Waals surface area (Å²) in [7, 11) is 3.91. The van der Waals surface area contributed by atoms with Gasteiger partial charge in [0.05, 0.1) is 11.9 Å². The van der Waals surface area contributed by atoms with Crippen molar-refractivity contribution in [1.29, 1.82) is 0 Å². The van der Waals surface area contributed by atoms with Crippen molar-refractivity contribution in [3.63, 3.8) is 0 Å². The van der Waals surface area contributed by atoms with Crippen LogP contribution >= 0.6 is 0 Å². The quantitative estimate of drug-likeness (QED) is 0.232. The van der Waals surface area contributed by atoms with Crippen LogP contribution in [0.4, 0.5) is 17.6 Å². The molecule has 10 nitrogen and oxygen atoms in total. The Hall–Kier alpha value is -4.83. The highest BCUT2D eigenvalue weighted by Crippen LogP contribution is 2.31. The number of hydrogen-bond donors (Lipinski definition) is 3. The Morgan fingerprint density at radius 1 is 1.12 bits per heavy atom. The van der Waals surface area contributed by atoms with Crippen molar-refractivity contribution in [2.45, 2.75) is 26.3 Å². The smallest absolute Gasteiger partial charge is 0.248 e. The molecule has 0 spiro atoms. The topological polar surface area (TPSA) is 126 Å². The van der Waals surface area contributed by atoms with Gasteiger partial charge >= 0.3 is 0 Å². The first-order valence-corrected chi connectivity index (χ1v) is 13.1. The van der Waals surface area contributed by atoms with Crippen LogP contribution < -0.4 is 16.4 Å². The maximum Gasteiger partial charge on any atom is 0.248 e. The van der Waals surface area contributed by atoms with Crippen LogP contribution in [0.3, 0.4) is 0 Å². The number of hydrogen-bond acceptors (Lipinski definition) is 8. The second kappa shape index (κ2) is 11.5. The van der Waals surface area contributed by atoms with E-state index in [9.17, 15) is 4.79 Å². The molecule has 0 atom stereocenters. The van der Waals surface area contributed by atoms with Gasteiger partial charge in [-0.25, -0.2) is 0 Å². The first-order chi connectivity index (χ1) is 19.3. The van der Waals surface area contributed by atoms with Crippen LogP contribution in [0, 0.1) is 0 Å². The summed E-state index contributed by atoms with van der Waals surface area (Å²) in [6, 6.07) is 15.9. The van der Waals surface area contributed by atoms with Crippen molar-refractivity contribution in [3.8, 4) is 11.3 Å². The minimum atomic E-state index is -0.163. The Morgan fingerprint density at radius 2 is 1.95 bits per heavy atom. The molecule has 10 heteroatoms. The first-order valence-electron chi connectivity index (χ1n) is 13.1. The fourth-order valence-corrected chi connectivity index (χ4v) is 4.54. The number of nitrogen functional groups attached to an aromatic ring is 1. The van der Waals surface area contributed by atoms with Crippen LogP contribution in [0.25, 0.3) is 27.7 Å². The largest absolute Gasteiger partial charge is 0.368 e. The highest BCUT2D eigenvalue weighted by atomic mass is 16.1. The summed E-state index contributed by atoms with van der Waals surface area (Å²) in [6.45, 7) is 5.36. The maximum atomic E-state index is 12.3. The van der Waals surface area contributed by atoms with Crippen molar-refractivity contribution in [3.05, 3.63) is 84.2 Å². The van der Waals surface area contributed by atoms with Crippen LogP contribution in [-0.4, -0.2) is 56.0 Å². The van der Waals surface area contributed by atoms with E-state index < -0.39 is 0 Å². The molecule has 5 rings (SSSR count). The number of likely N-dealkylation sites (N-methyl/N-ethyl adjacent to an activating group) is 1. The van der Waals surface area contributed by atoms with Crippen LogP contribution in [0.1, 0.15) is 30.9 Å². The van der Waals surface area contributed by atoms with Gasteiger partial charge in [0.1, 0.15) is 0 Å². The number of anilines is 3. The lowest BCUT2D eigenvalue weighted by Crippen LogP contribution is -2.12. The summed E-state index contributed by atoms with van der Waals surface area (Å²) in [5.74, 6) is 0.808. The second-order valence-corrected chi connectivity index (χ2v) is 10.2. The van der Waals surface area contributed by atoms with Gasteiger partial charge in [0.25, 0.3) is 0 Å². The van der Waals surface area contributed by atoms with Gasteiger partial charge in [-0.05, 0) is 49.2 Å². The third kappa shape index (κ3) is 5.76. The van der Waals surface area contributed by atoms with Gasteiger partial charge in [-0.2, -0.15) is 19.6 Å². The van der Waals surface area contributed by atoms with Gasteiger partial charge in [-0.15, -0.1) is 0 Å². The molecule has 0 saturated heterocycles. The van der Waals surface area contributed by atoms with Gasteiger partial charge in [-0.3, -0.25) is 9.78 Å². The zero-order chi connectivity index (χ0) is 28.2. The number of carbonyl (C=O) groups excluding carboxylic acids is 1. The molecular weight excluding hydrogens is 502 g/mol. The van der Waals surface area contributed by atoms with E-state index in [0.29, 0.717) is 24.7 Å². The van der Waals surface area contributed by atoms with E-state index in [1.54, 1.807) is 16.8 Å². The second-order valence-electron chi connectivity index (χ2n) is 10.2. The van der Waals surface area contributed by atoms with Crippen molar-refractivity contribution >= 4 is 39.9 Å². The summed E-state index contributed by atoms with van der Waals surface area (Å²) >= 11 is 0. The number of amides is 1. The summed E-state index contributed by atoms with van der Waals surface area (Å²) in [5, 5.41) is 12.8. The molecule has 0 unspecified atom stereocenters. The molecule has 204 valence electrons. The number of nitrogens with two attached hydrogens (primary N) is 1. The highest BCUT2D eigenvalue weighted by Gasteiger charge is 2.16. The van der Waals surface area contributed by atoms with Gasteiger partial charge in [0, 0.05) is 47.6 Å². The standard InChI is InChI=1S/C30H33N9O/c1-19(2)25-18-34-39-28(25)36-29(31)37-30(39)33-17-21-8-5-6-9-23(21)27-24-12-11-22(16-20(24)13-14-32-27)35-26(40)10-7-15-38(3)4/h5-14,16,18-19H,15,17H2,1-4H3,(H,35,40)(H3,31,33,36,37)/b10-7+. The number of nitrogens with one attached hydrogen (secondary N) is 2. The molecule has 0 fully saturated rings. The predicted molar refractivity (Wildman–Crippen MR) is 160 cm³/mol. The van der Waals surface area contributed by atoms with Crippen molar-refractivity contribution in [2.75, 3.05) is 37.0 Å². The third-order valence-corrected chi connectivity index (χ3v) is 6.52. The Morgan fingerprint density at radius 3 is 2.75 bits per heavy atom. The lowest BCUT2D eigenvalue weighted by molar-refractivity contribution is -0.111. The fourth-order valence-electron chi connectivity index (χ4n) is 4.54. The summed E-state index contributed by atoms with van der Waals surface area (Å²) in [6.07, 6.45) is 6.98. The molecule has 1 amide bonds. The first kappa shape index (κ1) is 26.8. The van der Waals surface area contributed by atoms with Crippen molar-refractivity contribution in [1.82, 2.24) is 29.5 Å². The Bertz CT molecular complexity index is 1700. The number of aromatic nitrogens is 5. The average molecular weight is 536 g/mol.